The molecule has 2 N–H and O–H groups in total. The van der Waals surface area contributed by atoms with E-state index in [1.54, 1.807) is 18.4 Å². The second-order valence-corrected chi connectivity index (χ2v) is 6.97. The summed E-state index contributed by atoms with van der Waals surface area (Å²) in [5, 5.41) is 14.4. The van der Waals surface area contributed by atoms with Crippen LogP contribution < -0.4 is 5.32 Å². The number of ether oxygens (including phenoxy) is 1. The van der Waals surface area contributed by atoms with Gasteiger partial charge in [-0.15, -0.1) is 11.3 Å². The maximum Gasteiger partial charge on any atom is 0.341 e. The van der Waals surface area contributed by atoms with E-state index in [0.29, 0.717) is 10.6 Å². The number of amides is 1. The van der Waals surface area contributed by atoms with Crippen LogP contribution in [0.15, 0.2) is 23.6 Å². The van der Waals surface area contributed by atoms with Crippen LogP contribution in [0, 0.1) is 23.7 Å². The van der Waals surface area contributed by atoms with E-state index in [4.69, 9.17) is 4.74 Å². The second-order valence-electron chi connectivity index (χ2n) is 6.05. The normalized spacial score (nSPS) is 27.7. The van der Waals surface area contributed by atoms with Crippen molar-refractivity contribution in [3.63, 3.8) is 0 Å². The lowest BCUT2D eigenvalue weighted by Gasteiger charge is -2.41. The maximum atomic E-state index is 12.7. The first-order valence-corrected chi connectivity index (χ1v) is 8.87. The van der Waals surface area contributed by atoms with E-state index in [0.717, 1.165) is 12.8 Å². The number of rotatable bonds is 5. The average molecular weight is 349 g/mol. The molecule has 128 valence electrons. The van der Waals surface area contributed by atoms with Gasteiger partial charge in [-0.3, -0.25) is 9.59 Å². The van der Waals surface area contributed by atoms with Gasteiger partial charge < -0.3 is 15.2 Å². The lowest BCUT2D eigenvalue weighted by atomic mass is 9.62. The first kappa shape index (κ1) is 16.7. The molecule has 24 heavy (non-hydrogen) atoms. The van der Waals surface area contributed by atoms with E-state index in [1.807, 2.05) is 12.2 Å². The molecule has 0 unspecified atom stereocenters. The number of fused-ring (bicyclic) bond motifs is 2. The minimum Gasteiger partial charge on any atom is -0.481 e. The summed E-state index contributed by atoms with van der Waals surface area (Å²) in [5.74, 6) is -3.25. The number of hydrogen-bond acceptors (Lipinski definition) is 5. The number of hydrogen-bond donors (Lipinski definition) is 2. The van der Waals surface area contributed by atoms with E-state index in [1.165, 1.54) is 11.3 Å². The Bertz CT molecular complexity index is 695. The smallest absolute Gasteiger partial charge is 0.341 e. The van der Waals surface area contributed by atoms with Crippen molar-refractivity contribution < 1.29 is 24.2 Å². The molecule has 1 aromatic rings. The van der Waals surface area contributed by atoms with Crippen molar-refractivity contribution >= 4 is 34.2 Å². The van der Waals surface area contributed by atoms with Crippen molar-refractivity contribution in [2.45, 2.75) is 19.8 Å². The Morgan fingerprint density at radius 2 is 1.92 bits per heavy atom. The number of anilines is 1. The van der Waals surface area contributed by atoms with Gasteiger partial charge in [0.2, 0.25) is 5.91 Å². The number of nitrogens with one attached hydrogen (secondary N) is 1. The van der Waals surface area contributed by atoms with Crippen molar-refractivity contribution in [3.8, 4) is 0 Å². The summed E-state index contributed by atoms with van der Waals surface area (Å²) in [6.45, 7) is 1.96. The van der Waals surface area contributed by atoms with Crippen LogP contribution in [0.2, 0.25) is 0 Å². The predicted octanol–water partition coefficient (Wildman–Crippen LogP) is 2.78. The van der Waals surface area contributed by atoms with Crippen LogP contribution in [-0.2, 0) is 14.3 Å². The monoisotopic (exact) mass is 349 g/mol. The molecule has 1 aromatic heterocycles. The SMILES string of the molecule is CCOC(=O)c1ccsc1NC(=O)[C@@H]1[C@@H](C(=O)O)[C@H]2C=C[C@@H]1CC2. The summed E-state index contributed by atoms with van der Waals surface area (Å²) >= 11 is 1.23. The quantitative estimate of drug-likeness (QED) is 0.630. The van der Waals surface area contributed by atoms with Crippen molar-refractivity contribution in [2.75, 3.05) is 11.9 Å². The molecule has 3 aliphatic rings. The third-order valence-electron chi connectivity index (χ3n) is 4.73. The molecular weight excluding hydrogens is 330 g/mol. The number of aliphatic carboxylic acids is 1. The van der Waals surface area contributed by atoms with Crippen LogP contribution in [-0.4, -0.2) is 29.6 Å². The molecule has 1 fully saturated rings. The highest BCUT2D eigenvalue weighted by Crippen LogP contribution is 2.45. The molecule has 1 saturated carbocycles. The second kappa shape index (κ2) is 6.76. The number of thiophene rings is 1. The minimum absolute atomic E-state index is 0.0675. The first-order chi connectivity index (χ1) is 11.5. The molecule has 2 bridgehead atoms. The standard InChI is InChI=1S/C17H19NO5S/c1-2-23-17(22)11-7-8-24-15(11)18-14(19)12-9-3-5-10(6-4-9)13(12)16(20)21/h3,5,7-10,12-13H,2,4,6H2,1H3,(H,18,19)(H,20,21)/t9-,10+,12+,13+/m1/s1. The Labute approximate surface area is 143 Å². The van der Waals surface area contributed by atoms with Crippen LogP contribution >= 0.6 is 11.3 Å². The summed E-state index contributed by atoms with van der Waals surface area (Å²) in [7, 11) is 0. The number of carboxylic acids is 1. The molecule has 6 nitrogen and oxygen atoms in total. The van der Waals surface area contributed by atoms with Gasteiger partial charge in [-0.1, -0.05) is 12.2 Å². The number of carbonyl (C=O) groups is 3. The lowest BCUT2D eigenvalue weighted by Crippen LogP contribution is -2.47. The van der Waals surface area contributed by atoms with Gasteiger partial charge in [-0.25, -0.2) is 4.79 Å². The summed E-state index contributed by atoms with van der Waals surface area (Å²) in [4.78, 5) is 36.3. The number of carboxylic acid groups (broad SMARTS) is 1. The average Bonchev–Trinajstić information content (AvgIpc) is 3.03. The number of allylic oxidation sites excluding steroid dienone is 2. The Hall–Kier alpha value is -2.15. The molecule has 4 atom stereocenters. The van der Waals surface area contributed by atoms with Gasteiger partial charge >= 0.3 is 11.9 Å². The van der Waals surface area contributed by atoms with Crippen LogP contribution in [0.25, 0.3) is 0 Å². The molecular formula is C17H19NO5S. The maximum absolute atomic E-state index is 12.7. The van der Waals surface area contributed by atoms with Crippen molar-refractivity contribution in [1.29, 1.82) is 0 Å². The topological polar surface area (TPSA) is 92.7 Å². The first-order valence-electron chi connectivity index (χ1n) is 7.99. The molecule has 1 heterocycles. The zero-order valence-corrected chi connectivity index (χ0v) is 14.0. The van der Waals surface area contributed by atoms with E-state index < -0.39 is 23.8 Å². The van der Waals surface area contributed by atoms with Crippen molar-refractivity contribution in [1.82, 2.24) is 0 Å². The van der Waals surface area contributed by atoms with E-state index in [9.17, 15) is 19.5 Å². The van der Waals surface area contributed by atoms with Crippen molar-refractivity contribution in [2.24, 2.45) is 23.7 Å². The molecule has 3 aliphatic carbocycles. The summed E-state index contributed by atoms with van der Waals surface area (Å²) in [6.07, 6.45) is 5.50. The number of carbonyl (C=O) groups excluding carboxylic acids is 2. The highest BCUT2D eigenvalue weighted by Gasteiger charge is 2.48. The number of esters is 1. The zero-order valence-electron chi connectivity index (χ0n) is 13.2. The van der Waals surface area contributed by atoms with Gasteiger partial charge in [0.25, 0.3) is 0 Å². The van der Waals surface area contributed by atoms with Gasteiger partial charge in [-0.2, -0.15) is 0 Å². The third-order valence-corrected chi connectivity index (χ3v) is 5.56. The highest BCUT2D eigenvalue weighted by atomic mass is 32.1. The van der Waals surface area contributed by atoms with Crippen LogP contribution in [0.3, 0.4) is 0 Å². The summed E-state index contributed by atoms with van der Waals surface area (Å²) < 4.78 is 4.97. The fourth-order valence-electron chi connectivity index (χ4n) is 3.66. The van der Waals surface area contributed by atoms with Crippen molar-refractivity contribution in [3.05, 3.63) is 29.2 Å². The molecule has 0 radical (unpaired) electrons. The van der Waals surface area contributed by atoms with E-state index in [-0.39, 0.29) is 24.3 Å². The lowest BCUT2D eigenvalue weighted by molar-refractivity contribution is -0.151. The molecule has 0 aromatic carbocycles. The van der Waals surface area contributed by atoms with Gasteiger partial charge in [0, 0.05) is 0 Å². The Morgan fingerprint density at radius 1 is 1.25 bits per heavy atom. The van der Waals surface area contributed by atoms with E-state index in [2.05, 4.69) is 5.32 Å². The summed E-state index contributed by atoms with van der Waals surface area (Å²) in [5.41, 5.74) is 0.304. The predicted molar refractivity (Wildman–Crippen MR) is 88.9 cm³/mol. The molecule has 0 spiro atoms. The largest absolute Gasteiger partial charge is 0.481 e. The molecule has 0 aliphatic heterocycles. The van der Waals surface area contributed by atoms with Crippen LogP contribution in [0.4, 0.5) is 5.00 Å². The Morgan fingerprint density at radius 3 is 2.50 bits per heavy atom. The van der Waals surface area contributed by atoms with E-state index >= 15 is 0 Å². The fraction of sp³-hybridized carbons (Fsp3) is 0.471. The summed E-state index contributed by atoms with van der Waals surface area (Å²) in [6, 6.07) is 1.60. The molecule has 7 heteroatoms. The van der Waals surface area contributed by atoms with Crippen LogP contribution in [0.5, 0.6) is 0 Å². The Kier molecular flexibility index (Phi) is 4.71. The highest BCUT2D eigenvalue weighted by molar-refractivity contribution is 7.14. The third kappa shape index (κ3) is 2.96. The fourth-order valence-corrected chi connectivity index (χ4v) is 4.44. The van der Waals surface area contributed by atoms with Gasteiger partial charge in [0.1, 0.15) is 5.00 Å². The van der Waals surface area contributed by atoms with Gasteiger partial charge in [0.05, 0.1) is 24.0 Å². The van der Waals surface area contributed by atoms with Gasteiger partial charge in [-0.05, 0) is 43.0 Å². The van der Waals surface area contributed by atoms with Crippen LogP contribution in [0.1, 0.15) is 30.1 Å². The zero-order chi connectivity index (χ0) is 17.3. The minimum atomic E-state index is -0.939. The van der Waals surface area contributed by atoms with Gasteiger partial charge in [0.15, 0.2) is 0 Å². The molecule has 0 saturated heterocycles. The molecule has 4 rings (SSSR count). The molecule has 1 amide bonds. The Balaban J connectivity index is 1.80.